The quantitative estimate of drug-likeness (QED) is 0.796. The highest BCUT2D eigenvalue weighted by Crippen LogP contribution is 2.44. The third-order valence-corrected chi connectivity index (χ3v) is 6.04. The van der Waals surface area contributed by atoms with Gasteiger partial charge in [0.2, 0.25) is 0 Å². The van der Waals surface area contributed by atoms with Crippen molar-refractivity contribution in [2.75, 3.05) is 13.1 Å². The number of benzene rings is 2. The fraction of sp³-hybridized carbons (Fsp3) is 0.458. The molecule has 2 aromatic carbocycles. The molecule has 0 bridgehead atoms. The molecule has 4 nitrogen and oxygen atoms in total. The number of carbonyl (C=O) groups is 1. The molecule has 2 aliphatic heterocycles. The molecule has 4 heteroatoms. The van der Waals surface area contributed by atoms with E-state index in [-0.39, 0.29) is 5.97 Å². The minimum atomic E-state index is -0.620. The zero-order chi connectivity index (χ0) is 19.8. The summed E-state index contributed by atoms with van der Waals surface area (Å²) in [6.45, 7) is 6.45. The summed E-state index contributed by atoms with van der Waals surface area (Å²) in [7, 11) is 0. The average molecular weight is 380 g/mol. The van der Waals surface area contributed by atoms with E-state index in [1.54, 1.807) is 0 Å². The van der Waals surface area contributed by atoms with Crippen molar-refractivity contribution in [3.63, 3.8) is 0 Å². The van der Waals surface area contributed by atoms with Crippen LogP contribution in [-0.2, 0) is 23.3 Å². The van der Waals surface area contributed by atoms with Gasteiger partial charge in [-0.15, -0.1) is 0 Å². The molecule has 1 saturated heterocycles. The standard InChI is InChI=1S/C24H29NO3/c1-23(2,27)12-11-18-7-9-19(10-8-18)17-25-15-13-24(14-16-25)21-6-4-3-5-20(21)22(26)28-24/h3-10,27H,11-17H2,1-2H3. The first kappa shape index (κ1) is 19.2. The summed E-state index contributed by atoms with van der Waals surface area (Å²) in [5, 5.41) is 9.88. The lowest BCUT2D eigenvalue weighted by atomic mass is 9.83. The molecule has 28 heavy (non-hydrogen) atoms. The molecule has 2 aliphatic rings. The van der Waals surface area contributed by atoms with E-state index in [1.165, 1.54) is 11.1 Å². The fourth-order valence-electron chi connectivity index (χ4n) is 4.31. The Morgan fingerprint density at radius 3 is 2.36 bits per heavy atom. The monoisotopic (exact) mass is 379 g/mol. The molecule has 0 radical (unpaired) electrons. The molecule has 1 N–H and O–H groups in total. The maximum absolute atomic E-state index is 12.2. The molecule has 4 rings (SSSR count). The van der Waals surface area contributed by atoms with Crippen molar-refractivity contribution in [2.24, 2.45) is 0 Å². The van der Waals surface area contributed by atoms with E-state index in [1.807, 2.05) is 38.1 Å². The van der Waals surface area contributed by atoms with Crippen LogP contribution in [-0.4, -0.2) is 34.7 Å². The number of ether oxygens (including phenoxy) is 1. The zero-order valence-electron chi connectivity index (χ0n) is 16.8. The molecule has 0 atom stereocenters. The average Bonchev–Trinajstić information content (AvgIpc) is 2.95. The Labute approximate surface area is 167 Å². The summed E-state index contributed by atoms with van der Waals surface area (Å²) >= 11 is 0. The van der Waals surface area contributed by atoms with Gasteiger partial charge in [0.05, 0.1) is 11.2 Å². The number of rotatable bonds is 5. The summed E-state index contributed by atoms with van der Waals surface area (Å²) in [5.74, 6) is -0.175. The second-order valence-corrected chi connectivity index (χ2v) is 8.83. The van der Waals surface area contributed by atoms with E-state index >= 15 is 0 Å². The van der Waals surface area contributed by atoms with E-state index < -0.39 is 11.2 Å². The molecule has 2 aromatic rings. The van der Waals surface area contributed by atoms with Crippen LogP contribution in [0.5, 0.6) is 0 Å². The van der Waals surface area contributed by atoms with Gasteiger partial charge in [0, 0.05) is 38.0 Å². The second kappa shape index (κ2) is 7.34. The van der Waals surface area contributed by atoms with Gasteiger partial charge in [0.1, 0.15) is 5.60 Å². The predicted octanol–water partition coefficient (Wildman–Crippen LogP) is 4.05. The summed E-state index contributed by atoms with van der Waals surface area (Å²) < 4.78 is 5.84. The third kappa shape index (κ3) is 3.98. The fourth-order valence-corrected chi connectivity index (χ4v) is 4.31. The minimum absolute atomic E-state index is 0.175. The lowest BCUT2D eigenvalue weighted by Gasteiger charge is -2.38. The predicted molar refractivity (Wildman–Crippen MR) is 109 cm³/mol. The molecule has 1 spiro atoms. The summed E-state index contributed by atoms with van der Waals surface area (Å²) in [6.07, 6.45) is 3.35. The SMILES string of the molecule is CC(C)(O)CCc1ccc(CN2CCC3(CC2)OC(=O)c2ccccc23)cc1. The van der Waals surface area contributed by atoms with Crippen LogP contribution in [0.4, 0.5) is 0 Å². The third-order valence-electron chi connectivity index (χ3n) is 6.04. The van der Waals surface area contributed by atoms with Crippen LogP contribution in [0, 0.1) is 0 Å². The largest absolute Gasteiger partial charge is 0.450 e. The smallest absolute Gasteiger partial charge is 0.339 e. The second-order valence-electron chi connectivity index (χ2n) is 8.83. The van der Waals surface area contributed by atoms with Gasteiger partial charge in [0.15, 0.2) is 0 Å². The summed E-state index contributed by atoms with van der Waals surface area (Å²) in [4.78, 5) is 14.6. The molecule has 1 fully saturated rings. The number of hydrogen-bond acceptors (Lipinski definition) is 4. The number of aliphatic hydroxyl groups is 1. The van der Waals surface area contributed by atoms with Crippen molar-refractivity contribution < 1.29 is 14.6 Å². The van der Waals surface area contributed by atoms with Crippen LogP contribution >= 0.6 is 0 Å². The molecule has 0 aliphatic carbocycles. The number of hydrogen-bond donors (Lipinski definition) is 1. The topological polar surface area (TPSA) is 49.8 Å². The van der Waals surface area contributed by atoms with Gasteiger partial charge in [-0.2, -0.15) is 0 Å². The van der Waals surface area contributed by atoms with E-state index in [4.69, 9.17) is 4.74 Å². The van der Waals surface area contributed by atoms with Gasteiger partial charge in [0.25, 0.3) is 0 Å². The molecular formula is C24H29NO3. The molecular weight excluding hydrogens is 350 g/mol. The van der Waals surface area contributed by atoms with Crippen LogP contribution in [0.25, 0.3) is 0 Å². The first-order chi connectivity index (χ1) is 13.3. The highest BCUT2D eigenvalue weighted by atomic mass is 16.6. The zero-order valence-corrected chi connectivity index (χ0v) is 16.8. The van der Waals surface area contributed by atoms with Crippen LogP contribution in [0.2, 0.25) is 0 Å². The maximum atomic E-state index is 12.2. The van der Waals surface area contributed by atoms with Crippen LogP contribution in [0.15, 0.2) is 48.5 Å². The number of nitrogens with zero attached hydrogens (tertiary/aromatic N) is 1. The highest BCUT2D eigenvalue weighted by molar-refractivity contribution is 5.94. The highest BCUT2D eigenvalue weighted by Gasteiger charge is 2.46. The Bertz CT molecular complexity index is 843. The van der Waals surface area contributed by atoms with Crippen molar-refractivity contribution in [3.05, 3.63) is 70.8 Å². The van der Waals surface area contributed by atoms with E-state index in [0.29, 0.717) is 0 Å². The summed E-state index contributed by atoms with van der Waals surface area (Å²) in [5.41, 5.74) is 3.31. The van der Waals surface area contributed by atoms with Gasteiger partial charge >= 0.3 is 5.97 Å². The Morgan fingerprint density at radius 2 is 1.68 bits per heavy atom. The number of esters is 1. The Hall–Kier alpha value is -2.17. The normalized spacial score (nSPS) is 18.9. The minimum Gasteiger partial charge on any atom is -0.450 e. The number of likely N-dealkylation sites (tertiary alicyclic amines) is 1. The summed E-state index contributed by atoms with van der Waals surface area (Å²) in [6, 6.07) is 16.5. The van der Waals surface area contributed by atoms with Gasteiger partial charge in [-0.1, -0.05) is 42.5 Å². The number of fused-ring (bicyclic) bond motifs is 2. The van der Waals surface area contributed by atoms with Crippen molar-refractivity contribution in [3.8, 4) is 0 Å². The Balaban J connectivity index is 1.35. The van der Waals surface area contributed by atoms with Crippen LogP contribution in [0.1, 0.15) is 60.2 Å². The molecule has 0 amide bonds. The molecule has 2 heterocycles. The van der Waals surface area contributed by atoms with Gasteiger partial charge in [-0.25, -0.2) is 4.79 Å². The Morgan fingerprint density at radius 1 is 1.04 bits per heavy atom. The van der Waals surface area contributed by atoms with Crippen molar-refractivity contribution >= 4 is 5.97 Å². The van der Waals surface area contributed by atoms with Gasteiger partial charge < -0.3 is 9.84 Å². The lowest BCUT2D eigenvalue weighted by molar-refractivity contribution is -0.0440. The van der Waals surface area contributed by atoms with E-state index in [9.17, 15) is 9.90 Å². The first-order valence-corrected chi connectivity index (χ1v) is 10.2. The molecule has 0 unspecified atom stereocenters. The van der Waals surface area contributed by atoms with Crippen LogP contribution in [0.3, 0.4) is 0 Å². The van der Waals surface area contributed by atoms with Crippen molar-refractivity contribution in [2.45, 2.75) is 57.3 Å². The number of aryl methyl sites for hydroxylation is 1. The Kier molecular flexibility index (Phi) is 5.02. The molecule has 148 valence electrons. The van der Waals surface area contributed by atoms with Crippen LogP contribution < -0.4 is 0 Å². The van der Waals surface area contributed by atoms with Gasteiger partial charge in [-0.3, -0.25) is 4.90 Å². The van der Waals surface area contributed by atoms with Crippen molar-refractivity contribution in [1.82, 2.24) is 4.90 Å². The lowest BCUT2D eigenvalue weighted by Crippen LogP contribution is -2.42. The van der Waals surface area contributed by atoms with Gasteiger partial charge in [-0.05, 0) is 43.9 Å². The number of carbonyl (C=O) groups excluding carboxylic acids is 1. The van der Waals surface area contributed by atoms with E-state index in [0.717, 1.165) is 56.4 Å². The maximum Gasteiger partial charge on any atom is 0.339 e. The van der Waals surface area contributed by atoms with Crippen molar-refractivity contribution in [1.29, 1.82) is 0 Å². The molecule has 0 saturated carbocycles. The molecule has 0 aromatic heterocycles. The first-order valence-electron chi connectivity index (χ1n) is 10.2. The number of piperidine rings is 1. The van der Waals surface area contributed by atoms with E-state index in [2.05, 4.69) is 29.2 Å².